The molecular weight excluding hydrogens is 283 g/mol. The molecule has 1 aromatic rings. The molecule has 0 saturated heterocycles. The standard InChI is InChI=1S/C13H15FN2O5/c1-20-10(17)6-9(13(19)21-2)16-12(18)7-4-3-5-8(14)11(7)15/h3-5,9H,6,15H2,1-2H3,(H,16,18). The molecule has 0 saturated carbocycles. The van der Waals surface area contributed by atoms with E-state index in [2.05, 4.69) is 14.8 Å². The van der Waals surface area contributed by atoms with Gasteiger partial charge in [-0.05, 0) is 12.1 Å². The number of para-hydroxylation sites is 1. The Labute approximate surface area is 120 Å². The highest BCUT2D eigenvalue weighted by Gasteiger charge is 2.26. The van der Waals surface area contributed by atoms with E-state index in [1.165, 1.54) is 12.1 Å². The zero-order valence-electron chi connectivity index (χ0n) is 11.5. The lowest BCUT2D eigenvalue weighted by Crippen LogP contribution is -2.43. The number of ether oxygens (including phenoxy) is 2. The number of carbonyl (C=O) groups excluding carboxylic acids is 3. The lowest BCUT2D eigenvalue weighted by Gasteiger charge is -2.16. The molecule has 7 nitrogen and oxygen atoms in total. The van der Waals surface area contributed by atoms with Crippen LogP contribution in [0.1, 0.15) is 16.8 Å². The van der Waals surface area contributed by atoms with Crippen molar-refractivity contribution in [3.05, 3.63) is 29.6 Å². The second kappa shape index (κ2) is 7.22. The zero-order valence-corrected chi connectivity index (χ0v) is 11.5. The van der Waals surface area contributed by atoms with Crippen molar-refractivity contribution >= 4 is 23.5 Å². The summed E-state index contributed by atoms with van der Waals surface area (Å²) in [6.45, 7) is 0. The van der Waals surface area contributed by atoms with Crippen LogP contribution in [0.4, 0.5) is 10.1 Å². The molecule has 0 fully saturated rings. The number of hydrogen-bond acceptors (Lipinski definition) is 6. The minimum Gasteiger partial charge on any atom is -0.469 e. The van der Waals surface area contributed by atoms with Crippen LogP contribution < -0.4 is 11.1 Å². The Bertz CT molecular complexity index is 561. The second-order valence-corrected chi connectivity index (χ2v) is 4.03. The number of nitrogens with one attached hydrogen (secondary N) is 1. The van der Waals surface area contributed by atoms with E-state index < -0.39 is 36.1 Å². The van der Waals surface area contributed by atoms with Gasteiger partial charge in [0.1, 0.15) is 11.9 Å². The highest BCUT2D eigenvalue weighted by Crippen LogP contribution is 2.16. The summed E-state index contributed by atoms with van der Waals surface area (Å²) in [7, 11) is 2.25. The fourth-order valence-corrected chi connectivity index (χ4v) is 1.56. The van der Waals surface area contributed by atoms with E-state index in [9.17, 15) is 18.8 Å². The number of esters is 2. The summed E-state index contributed by atoms with van der Waals surface area (Å²) in [5.74, 6) is -3.10. The SMILES string of the molecule is COC(=O)CC(NC(=O)c1cccc(F)c1N)C(=O)OC. The minimum atomic E-state index is -1.25. The Morgan fingerprint density at radius 1 is 1.29 bits per heavy atom. The van der Waals surface area contributed by atoms with Crippen LogP contribution in [-0.2, 0) is 19.1 Å². The molecule has 8 heteroatoms. The number of hydrogen-bond donors (Lipinski definition) is 2. The van der Waals surface area contributed by atoms with Crippen molar-refractivity contribution in [2.45, 2.75) is 12.5 Å². The van der Waals surface area contributed by atoms with Crippen LogP contribution >= 0.6 is 0 Å². The molecule has 1 atom stereocenters. The number of benzene rings is 1. The van der Waals surface area contributed by atoms with Gasteiger partial charge < -0.3 is 20.5 Å². The van der Waals surface area contributed by atoms with Gasteiger partial charge in [0.25, 0.3) is 5.91 Å². The first-order valence-corrected chi connectivity index (χ1v) is 5.90. The minimum absolute atomic E-state index is 0.145. The number of nitrogens with two attached hydrogens (primary N) is 1. The van der Waals surface area contributed by atoms with Gasteiger partial charge in [-0.15, -0.1) is 0 Å². The van der Waals surface area contributed by atoms with Gasteiger partial charge in [-0.3, -0.25) is 9.59 Å². The first-order valence-electron chi connectivity index (χ1n) is 5.90. The van der Waals surface area contributed by atoms with E-state index in [0.717, 1.165) is 20.3 Å². The van der Waals surface area contributed by atoms with Crippen molar-refractivity contribution in [3.63, 3.8) is 0 Å². The molecule has 0 aliphatic rings. The van der Waals surface area contributed by atoms with Crippen LogP contribution in [0.5, 0.6) is 0 Å². The quantitative estimate of drug-likeness (QED) is 0.595. The van der Waals surface area contributed by atoms with E-state index in [1.807, 2.05) is 0 Å². The Balaban J connectivity index is 2.92. The van der Waals surface area contributed by atoms with E-state index in [-0.39, 0.29) is 11.3 Å². The third kappa shape index (κ3) is 4.16. The molecule has 3 N–H and O–H groups in total. The number of carbonyl (C=O) groups is 3. The van der Waals surface area contributed by atoms with Gasteiger partial charge in [-0.1, -0.05) is 6.07 Å². The smallest absolute Gasteiger partial charge is 0.328 e. The average molecular weight is 298 g/mol. The number of amides is 1. The van der Waals surface area contributed by atoms with Crippen molar-refractivity contribution in [2.75, 3.05) is 20.0 Å². The summed E-state index contributed by atoms with van der Waals surface area (Å²) >= 11 is 0. The van der Waals surface area contributed by atoms with Crippen LogP contribution in [0, 0.1) is 5.82 Å². The molecule has 0 aromatic heterocycles. The molecule has 0 bridgehead atoms. The van der Waals surface area contributed by atoms with Gasteiger partial charge in [-0.25, -0.2) is 9.18 Å². The highest BCUT2D eigenvalue weighted by molar-refractivity contribution is 6.01. The summed E-state index contributed by atoms with van der Waals surface area (Å²) < 4.78 is 22.2. The van der Waals surface area contributed by atoms with E-state index >= 15 is 0 Å². The first-order chi connectivity index (χ1) is 9.90. The maximum atomic E-state index is 13.3. The van der Waals surface area contributed by atoms with E-state index in [4.69, 9.17) is 5.73 Å². The predicted molar refractivity (Wildman–Crippen MR) is 70.7 cm³/mol. The first kappa shape index (κ1) is 16.4. The molecule has 1 amide bonds. The van der Waals surface area contributed by atoms with E-state index in [0.29, 0.717) is 0 Å². The Morgan fingerprint density at radius 3 is 2.52 bits per heavy atom. The molecule has 1 rings (SSSR count). The van der Waals surface area contributed by atoms with Crippen LogP contribution in [0.15, 0.2) is 18.2 Å². The summed E-state index contributed by atoms with van der Waals surface area (Å²) in [6.07, 6.45) is -0.413. The van der Waals surface area contributed by atoms with Crippen LogP contribution in [0.3, 0.4) is 0 Å². The number of methoxy groups -OCH3 is 2. The fourth-order valence-electron chi connectivity index (χ4n) is 1.56. The number of anilines is 1. The summed E-state index contributed by atoms with van der Waals surface area (Å²) in [5.41, 5.74) is 4.96. The van der Waals surface area contributed by atoms with Gasteiger partial charge in [0, 0.05) is 0 Å². The van der Waals surface area contributed by atoms with Gasteiger partial charge in [0.05, 0.1) is 31.9 Å². The fraction of sp³-hybridized carbons (Fsp3) is 0.308. The molecule has 0 aliphatic heterocycles. The molecule has 1 aromatic carbocycles. The molecule has 0 heterocycles. The summed E-state index contributed by atoms with van der Waals surface area (Å²) in [5, 5.41) is 2.26. The van der Waals surface area contributed by atoms with Crippen molar-refractivity contribution in [1.82, 2.24) is 5.32 Å². The number of nitrogen functional groups attached to an aromatic ring is 1. The third-order valence-electron chi connectivity index (χ3n) is 2.69. The molecule has 21 heavy (non-hydrogen) atoms. The highest BCUT2D eigenvalue weighted by atomic mass is 19.1. The van der Waals surface area contributed by atoms with Crippen molar-refractivity contribution in [2.24, 2.45) is 0 Å². The van der Waals surface area contributed by atoms with Crippen LogP contribution in [0.2, 0.25) is 0 Å². The van der Waals surface area contributed by atoms with Crippen molar-refractivity contribution in [3.8, 4) is 0 Å². The number of halogens is 1. The van der Waals surface area contributed by atoms with Gasteiger partial charge in [0.15, 0.2) is 0 Å². The molecule has 1 unspecified atom stereocenters. The molecule has 0 spiro atoms. The summed E-state index contributed by atoms with van der Waals surface area (Å²) in [6, 6.07) is 2.43. The molecule has 114 valence electrons. The largest absolute Gasteiger partial charge is 0.469 e. The lowest BCUT2D eigenvalue weighted by atomic mass is 10.1. The van der Waals surface area contributed by atoms with Crippen LogP contribution in [0.25, 0.3) is 0 Å². The van der Waals surface area contributed by atoms with Gasteiger partial charge in [0.2, 0.25) is 0 Å². The predicted octanol–water partition coefficient (Wildman–Crippen LogP) is 0.242. The van der Waals surface area contributed by atoms with Crippen LogP contribution in [-0.4, -0.2) is 38.1 Å². The Kier molecular flexibility index (Phi) is 5.65. The maximum absolute atomic E-state index is 13.3. The molecule has 0 radical (unpaired) electrons. The lowest BCUT2D eigenvalue weighted by molar-refractivity contribution is -0.149. The third-order valence-corrected chi connectivity index (χ3v) is 2.69. The van der Waals surface area contributed by atoms with Crippen molar-refractivity contribution < 1.29 is 28.2 Å². The monoisotopic (exact) mass is 298 g/mol. The van der Waals surface area contributed by atoms with Gasteiger partial charge in [-0.2, -0.15) is 0 Å². The Hall–Kier alpha value is -2.64. The second-order valence-electron chi connectivity index (χ2n) is 4.03. The Morgan fingerprint density at radius 2 is 1.95 bits per heavy atom. The topological polar surface area (TPSA) is 108 Å². The normalized spacial score (nSPS) is 11.4. The van der Waals surface area contributed by atoms with Crippen molar-refractivity contribution in [1.29, 1.82) is 0 Å². The maximum Gasteiger partial charge on any atom is 0.328 e. The average Bonchev–Trinajstić information content (AvgIpc) is 2.48. The van der Waals surface area contributed by atoms with E-state index in [1.54, 1.807) is 0 Å². The number of rotatable bonds is 5. The van der Waals surface area contributed by atoms with Gasteiger partial charge >= 0.3 is 11.9 Å². The zero-order chi connectivity index (χ0) is 16.0. The molecule has 0 aliphatic carbocycles. The summed E-state index contributed by atoms with van der Waals surface area (Å²) in [4.78, 5) is 34.7. The molecular formula is C13H15FN2O5.